The number of carbonyl (C=O) groups excluding carboxylic acids is 1. The minimum absolute atomic E-state index is 0.0542. The Hall–Kier alpha value is -1.53. The van der Waals surface area contributed by atoms with Crippen LogP contribution >= 0.6 is 0 Å². The Morgan fingerprint density at radius 2 is 1.15 bits per heavy atom. The van der Waals surface area contributed by atoms with Gasteiger partial charge in [-0.1, -0.05) is 95.9 Å². The first kappa shape index (κ1) is 48.6. The third-order valence-electron chi connectivity index (χ3n) is 9.71. The molecule has 54 heavy (non-hydrogen) atoms. The molecule has 14 nitrogen and oxygen atoms in total. The summed E-state index contributed by atoms with van der Waals surface area (Å²) in [6, 6.07) is 0. The van der Waals surface area contributed by atoms with Crippen molar-refractivity contribution < 1.29 is 69.0 Å². The highest BCUT2D eigenvalue weighted by Gasteiger charge is 2.47. The summed E-state index contributed by atoms with van der Waals surface area (Å²) in [5.74, 6) is -0.400. The number of esters is 1. The fourth-order valence-corrected chi connectivity index (χ4v) is 6.25. The summed E-state index contributed by atoms with van der Waals surface area (Å²) in [5, 5.41) is 71.4. The molecule has 2 saturated heterocycles. The van der Waals surface area contributed by atoms with E-state index in [0.29, 0.717) is 13.0 Å². The molecule has 2 heterocycles. The van der Waals surface area contributed by atoms with Gasteiger partial charge in [-0.05, 0) is 44.9 Å². The SMILES string of the molecule is CCCCC/C=C\C/C=C\CCCCCCCCOCC(COC1OC(COC2OC(CO)C(O)C(O)C2O)C(O)C(O)C1O)OC(=O)CCCCCC. The highest BCUT2D eigenvalue weighted by atomic mass is 16.7. The van der Waals surface area contributed by atoms with Crippen molar-refractivity contribution >= 4 is 5.97 Å². The maximum absolute atomic E-state index is 12.6. The molecule has 2 fully saturated rings. The number of ether oxygens (including phenoxy) is 6. The van der Waals surface area contributed by atoms with E-state index in [-0.39, 0.29) is 19.6 Å². The van der Waals surface area contributed by atoms with E-state index in [9.17, 15) is 40.5 Å². The van der Waals surface area contributed by atoms with Crippen LogP contribution in [0.15, 0.2) is 24.3 Å². The summed E-state index contributed by atoms with van der Waals surface area (Å²) in [4.78, 5) is 12.6. The Morgan fingerprint density at radius 1 is 0.611 bits per heavy atom. The maximum atomic E-state index is 12.6. The average Bonchev–Trinajstić information content (AvgIpc) is 3.17. The normalized spacial score (nSPS) is 29.6. The molecule has 7 N–H and O–H groups in total. The standard InChI is InChI=1S/C40H72O14/c1-3-5-7-9-10-11-12-13-14-15-16-17-18-19-20-22-24-49-26-29(52-32(42)23-21-8-6-4-2)27-50-39-38(48)36(46)34(44)31(54-39)28-51-40-37(47)35(45)33(43)30(25-41)53-40/h10-11,13-14,29-31,33-41,43-48H,3-9,12,15-28H2,1-2H3/b11-10-,14-13-. The van der Waals surface area contributed by atoms with Gasteiger partial charge in [0.05, 0.1) is 26.4 Å². The predicted molar refractivity (Wildman–Crippen MR) is 201 cm³/mol. The molecule has 14 heteroatoms. The molecule has 0 radical (unpaired) electrons. The predicted octanol–water partition coefficient (Wildman–Crippen LogP) is 3.34. The second kappa shape index (κ2) is 29.7. The molecule has 0 spiro atoms. The molecule has 0 bridgehead atoms. The molecule has 0 saturated carbocycles. The minimum Gasteiger partial charge on any atom is -0.457 e. The number of aliphatic hydroxyl groups excluding tert-OH is 7. The molecular weight excluding hydrogens is 704 g/mol. The number of rotatable bonds is 30. The van der Waals surface area contributed by atoms with Crippen molar-refractivity contribution in [3.8, 4) is 0 Å². The van der Waals surface area contributed by atoms with Crippen molar-refractivity contribution in [2.75, 3.05) is 33.0 Å². The van der Waals surface area contributed by atoms with E-state index < -0.39 is 86.7 Å². The van der Waals surface area contributed by atoms with E-state index in [2.05, 4.69) is 38.2 Å². The van der Waals surface area contributed by atoms with Gasteiger partial charge in [-0.3, -0.25) is 4.79 Å². The molecule has 11 unspecified atom stereocenters. The summed E-state index contributed by atoms with van der Waals surface area (Å²) in [5.41, 5.74) is 0. The number of carbonyl (C=O) groups is 1. The van der Waals surface area contributed by atoms with Crippen LogP contribution in [-0.2, 0) is 33.2 Å². The van der Waals surface area contributed by atoms with Crippen LogP contribution in [0.4, 0.5) is 0 Å². The van der Waals surface area contributed by atoms with E-state index in [4.69, 9.17) is 28.4 Å². The quantitative estimate of drug-likeness (QED) is 0.0317. The van der Waals surface area contributed by atoms with Crippen molar-refractivity contribution in [1.29, 1.82) is 0 Å². The summed E-state index contributed by atoms with van der Waals surface area (Å²) in [6.07, 6.45) is 10.4. The Balaban J connectivity index is 1.77. The monoisotopic (exact) mass is 776 g/mol. The molecule has 0 aromatic rings. The van der Waals surface area contributed by atoms with Gasteiger partial charge < -0.3 is 64.2 Å². The molecule has 2 rings (SSSR count). The van der Waals surface area contributed by atoms with Crippen molar-refractivity contribution in [2.24, 2.45) is 0 Å². The number of unbranched alkanes of at least 4 members (excludes halogenated alkanes) is 12. The molecule has 0 aliphatic carbocycles. The number of hydrogen-bond acceptors (Lipinski definition) is 14. The second-order valence-electron chi connectivity index (χ2n) is 14.5. The van der Waals surface area contributed by atoms with Crippen LogP contribution in [0.5, 0.6) is 0 Å². The lowest BCUT2D eigenvalue weighted by atomic mass is 9.98. The number of aliphatic hydroxyl groups is 7. The van der Waals surface area contributed by atoms with E-state index >= 15 is 0 Å². The number of hydrogen-bond donors (Lipinski definition) is 7. The van der Waals surface area contributed by atoms with Crippen LogP contribution in [0.1, 0.15) is 123 Å². The fourth-order valence-electron chi connectivity index (χ4n) is 6.25. The molecule has 0 aromatic heterocycles. The van der Waals surface area contributed by atoms with Crippen LogP contribution < -0.4 is 0 Å². The third kappa shape index (κ3) is 19.1. The first-order valence-electron chi connectivity index (χ1n) is 20.4. The van der Waals surface area contributed by atoms with Crippen molar-refractivity contribution in [2.45, 2.75) is 191 Å². The van der Waals surface area contributed by atoms with Gasteiger partial charge in [0.15, 0.2) is 12.6 Å². The fraction of sp³-hybridized carbons (Fsp3) is 0.875. The number of allylic oxidation sites excluding steroid dienone is 4. The molecule has 2 aliphatic heterocycles. The van der Waals surface area contributed by atoms with Crippen LogP contribution in [0.2, 0.25) is 0 Å². The zero-order valence-corrected chi connectivity index (χ0v) is 32.7. The molecule has 2 aliphatic rings. The summed E-state index contributed by atoms with van der Waals surface area (Å²) in [7, 11) is 0. The average molecular weight is 777 g/mol. The Bertz CT molecular complexity index is 996. The van der Waals surface area contributed by atoms with Crippen molar-refractivity contribution in [1.82, 2.24) is 0 Å². The molecular formula is C40H72O14. The van der Waals surface area contributed by atoms with Gasteiger partial charge in [-0.2, -0.15) is 0 Å². The highest BCUT2D eigenvalue weighted by molar-refractivity contribution is 5.69. The molecule has 0 amide bonds. The minimum atomic E-state index is -1.70. The van der Waals surface area contributed by atoms with Crippen LogP contribution in [-0.4, -0.2) is 142 Å². The smallest absolute Gasteiger partial charge is 0.306 e. The van der Waals surface area contributed by atoms with Gasteiger partial charge in [0.1, 0.15) is 54.9 Å². The first-order valence-corrected chi connectivity index (χ1v) is 20.4. The lowest BCUT2D eigenvalue weighted by molar-refractivity contribution is -0.332. The Labute approximate surface area is 322 Å². The summed E-state index contributed by atoms with van der Waals surface area (Å²) >= 11 is 0. The highest BCUT2D eigenvalue weighted by Crippen LogP contribution is 2.26. The van der Waals surface area contributed by atoms with Gasteiger partial charge >= 0.3 is 5.97 Å². The van der Waals surface area contributed by atoms with Crippen molar-refractivity contribution in [3.05, 3.63) is 24.3 Å². The second-order valence-corrected chi connectivity index (χ2v) is 14.5. The first-order chi connectivity index (χ1) is 26.1. The Kier molecular flexibility index (Phi) is 26.7. The van der Waals surface area contributed by atoms with Gasteiger partial charge in [0.25, 0.3) is 0 Å². The van der Waals surface area contributed by atoms with E-state index in [1.165, 1.54) is 38.5 Å². The lowest BCUT2D eigenvalue weighted by Gasteiger charge is -2.42. The summed E-state index contributed by atoms with van der Waals surface area (Å²) < 4.78 is 33.8. The van der Waals surface area contributed by atoms with E-state index in [1.54, 1.807) is 0 Å². The van der Waals surface area contributed by atoms with Crippen LogP contribution in [0.3, 0.4) is 0 Å². The van der Waals surface area contributed by atoms with Gasteiger partial charge in [0, 0.05) is 13.0 Å². The van der Waals surface area contributed by atoms with E-state index in [1.807, 2.05) is 0 Å². The zero-order valence-electron chi connectivity index (χ0n) is 32.7. The van der Waals surface area contributed by atoms with Gasteiger partial charge in [0.2, 0.25) is 0 Å². The third-order valence-corrected chi connectivity index (χ3v) is 9.71. The van der Waals surface area contributed by atoms with Crippen LogP contribution in [0, 0.1) is 0 Å². The molecule has 0 aromatic carbocycles. The molecule has 11 atom stereocenters. The summed E-state index contributed by atoms with van der Waals surface area (Å²) in [6.45, 7) is 3.47. The van der Waals surface area contributed by atoms with Gasteiger partial charge in [-0.15, -0.1) is 0 Å². The Morgan fingerprint density at radius 3 is 1.80 bits per heavy atom. The van der Waals surface area contributed by atoms with E-state index in [0.717, 1.165) is 57.8 Å². The topological polar surface area (TPSA) is 214 Å². The zero-order chi connectivity index (χ0) is 39.6. The van der Waals surface area contributed by atoms with Crippen molar-refractivity contribution in [3.63, 3.8) is 0 Å². The largest absolute Gasteiger partial charge is 0.457 e. The van der Waals surface area contributed by atoms with Gasteiger partial charge in [-0.25, -0.2) is 0 Å². The maximum Gasteiger partial charge on any atom is 0.306 e. The molecule has 316 valence electrons. The lowest BCUT2D eigenvalue weighted by Crippen LogP contribution is -2.61. The van der Waals surface area contributed by atoms with Crippen LogP contribution in [0.25, 0.3) is 0 Å².